The lowest BCUT2D eigenvalue weighted by Gasteiger charge is -2.35. The molecule has 7 heteroatoms. The second-order valence-electron chi connectivity index (χ2n) is 12.4. The Bertz CT molecular complexity index is 1460. The molecule has 3 aromatic carbocycles. The van der Waals surface area contributed by atoms with Gasteiger partial charge in [-0.1, -0.05) is 48.5 Å². The quantitative estimate of drug-likeness (QED) is 0.352. The van der Waals surface area contributed by atoms with Gasteiger partial charge in [-0.2, -0.15) is 0 Å². The Labute approximate surface area is 249 Å². The molecule has 7 nitrogen and oxygen atoms in total. The first-order chi connectivity index (χ1) is 20.0. The van der Waals surface area contributed by atoms with Gasteiger partial charge in [0.25, 0.3) is 0 Å². The number of nitrogens with zero attached hydrogens (tertiary/aromatic N) is 2. The minimum Gasteiger partial charge on any atom is -0.460 e. The van der Waals surface area contributed by atoms with E-state index in [1.165, 1.54) is 22.3 Å². The van der Waals surface area contributed by atoms with Crippen LogP contribution in [0.25, 0.3) is 11.1 Å². The van der Waals surface area contributed by atoms with Gasteiger partial charge < -0.3 is 19.7 Å². The normalized spacial score (nSPS) is 14.8. The number of carbonyl (C=O) groups excluding carboxylic acids is 2. The maximum Gasteiger partial charge on any atom is 0.414 e. The third-order valence-corrected chi connectivity index (χ3v) is 8.45. The Morgan fingerprint density at radius 2 is 1.48 bits per heavy atom. The van der Waals surface area contributed by atoms with E-state index < -0.39 is 11.7 Å². The summed E-state index contributed by atoms with van der Waals surface area (Å²) in [4.78, 5) is 30.7. The fraction of sp³-hybridized carbons (Fsp3) is 0.429. The number of benzene rings is 3. The summed E-state index contributed by atoms with van der Waals surface area (Å²) in [7, 11) is 1.77. The molecule has 1 amide bonds. The van der Waals surface area contributed by atoms with E-state index in [0.29, 0.717) is 0 Å². The van der Waals surface area contributed by atoms with Crippen LogP contribution in [-0.2, 0) is 20.7 Å². The number of piperazine rings is 1. The summed E-state index contributed by atoms with van der Waals surface area (Å²) < 4.78 is 11.7. The number of carbonyl (C=O) groups is 2. The van der Waals surface area contributed by atoms with Crippen LogP contribution in [0, 0.1) is 20.8 Å². The molecule has 0 aromatic heterocycles. The number of hydrogen-bond acceptors (Lipinski definition) is 6. The van der Waals surface area contributed by atoms with Crippen molar-refractivity contribution >= 4 is 23.4 Å². The molecule has 0 spiro atoms. The van der Waals surface area contributed by atoms with Gasteiger partial charge in [0.1, 0.15) is 12.2 Å². The second kappa shape index (κ2) is 11.8. The summed E-state index contributed by atoms with van der Waals surface area (Å²) in [6, 6.07) is 16.7. The van der Waals surface area contributed by atoms with Gasteiger partial charge in [0.2, 0.25) is 0 Å². The van der Waals surface area contributed by atoms with Crippen LogP contribution in [0.4, 0.5) is 16.2 Å². The Balaban J connectivity index is 1.46. The van der Waals surface area contributed by atoms with Crippen molar-refractivity contribution in [1.29, 1.82) is 0 Å². The summed E-state index contributed by atoms with van der Waals surface area (Å²) in [5, 5.41) is 3.42. The molecular formula is C35H43N3O4. The largest absolute Gasteiger partial charge is 0.460 e. The number of hydrogen-bond donors (Lipinski definition) is 1. The molecule has 222 valence electrons. The van der Waals surface area contributed by atoms with Crippen LogP contribution in [0.5, 0.6) is 0 Å². The van der Waals surface area contributed by atoms with Crippen LogP contribution < -0.4 is 15.1 Å². The topological polar surface area (TPSA) is 71.1 Å². The summed E-state index contributed by atoms with van der Waals surface area (Å²) in [5.41, 5.74) is 9.89. The van der Waals surface area contributed by atoms with Gasteiger partial charge in [-0.25, -0.2) is 4.79 Å². The summed E-state index contributed by atoms with van der Waals surface area (Å²) >= 11 is 0. The van der Waals surface area contributed by atoms with E-state index in [9.17, 15) is 9.59 Å². The molecule has 1 aliphatic heterocycles. The lowest BCUT2D eigenvalue weighted by Crippen LogP contribution is -2.44. The van der Waals surface area contributed by atoms with Gasteiger partial charge in [0.15, 0.2) is 0 Å². The molecule has 0 saturated carbocycles. The van der Waals surface area contributed by atoms with Gasteiger partial charge in [0.05, 0.1) is 12.1 Å². The van der Waals surface area contributed by atoms with E-state index in [0.717, 1.165) is 59.8 Å². The van der Waals surface area contributed by atoms with Crippen molar-refractivity contribution in [2.45, 2.75) is 59.5 Å². The smallest absolute Gasteiger partial charge is 0.414 e. The number of amides is 1. The summed E-state index contributed by atoms with van der Waals surface area (Å²) in [6.07, 6.45) is -0.277. The zero-order valence-corrected chi connectivity index (χ0v) is 26.0. The molecule has 1 heterocycles. The first-order valence-electron chi connectivity index (χ1n) is 14.9. The maximum atomic E-state index is 13.7. The predicted octanol–water partition coefficient (Wildman–Crippen LogP) is 6.29. The van der Waals surface area contributed by atoms with Gasteiger partial charge in [-0.05, 0) is 86.1 Å². The third-order valence-electron chi connectivity index (χ3n) is 8.45. The van der Waals surface area contributed by atoms with E-state index >= 15 is 0 Å². The average Bonchev–Trinajstić information content (AvgIpc) is 3.27. The van der Waals surface area contributed by atoms with Crippen LogP contribution in [0.2, 0.25) is 0 Å². The first-order valence-corrected chi connectivity index (χ1v) is 14.9. The monoisotopic (exact) mass is 569 g/mol. The van der Waals surface area contributed by atoms with E-state index in [-0.39, 0.29) is 24.9 Å². The van der Waals surface area contributed by atoms with E-state index in [2.05, 4.69) is 48.3 Å². The summed E-state index contributed by atoms with van der Waals surface area (Å²) in [6.45, 7) is 15.5. The Kier molecular flexibility index (Phi) is 8.33. The van der Waals surface area contributed by atoms with E-state index in [1.807, 2.05) is 52.0 Å². The first kappa shape index (κ1) is 29.6. The summed E-state index contributed by atoms with van der Waals surface area (Å²) in [5.74, 6) is -0.298. The molecule has 0 atom stereocenters. The minimum absolute atomic E-state index is 0.0194. The second-order valence-corrected chi connectivity index (χ2v) is 12.4. The molecule has 1 N–H and O–H groups in total. The third kappa shape index (κ3) is 5.75. The Hall–Kier alpha value is -3.84. The van der Waals surface area contributed by atoms with E-state index in [1.54, 1.807) is 11.9 Å². The maximum absolute atomic E-state index is 13.7. The molecule has 42 heavy (non-hydrogen) atoms. The highest BCUT2D eigenvalue weighted by atomic mass is 16.6. The number of ether oxygens (including phenoxy) is 2. The van der Waals surface area contributed by atoms with Gasteiger partial charge in [-0.15, -0.1) is 0 Å². The lowest BCUT2D eigenvalue weighted by atomic mass is 9.91. The minimum atomic E-state index is -0.578. The molecule has 1 saturated heterocycles. The fourth-order valence-electron chi connectivity index (χ4n) is 6.68. The number of rotatable bonds is 6. The highest BCUT2D eigenvalue weighted by Crippen LogP contribution is 2.45. The van der Waals surface area contributed by atoms with Crippen molar-refractivity contribution in [3.05, 3.63) is 81.9 Å². The lowest BCUT2D eigenvalue weighted by molar-refractivity contribution is -0.153. The van der Waals surface area contributed by atoms with Gasteiger partial charge in [0, 0.05) is 44.8 Å². The van der Waals surface area contributed by atoms with Gasteiger partial charge in [-0.3, -0.25) is 9.69 Å². The molecule has 0 bridgehead atoms. The number of nitrogens with one attached hydrogen (secondary N) is 1. The highest BCUT2D eigenvalue weighted by molar-refractivity contribution is 5.93. The van der Waals surface area contributed by atoms with Crippen molar-refractivity contribution in [2.75, 3.05) is 49.6 Å². The number of fused-ring (bicyclic) bond motifs is 3. The number of esters is 1. The number of anilines is 2. The molecule has 0 unspecified atom stereocenters. The van der Waals surface area contributed by atoms with Crippen LogP contribution in [0.3, 0.4) is 0 Å². The molecule has 1 aliphatic carbocycles. The molecule has 0 radical (unpaired) electrons. The van der Waals surface area contributed by atoms with Crippen molar-refractivity contribution in [2.24, 2.45) is 0 Å². The van der Waals surface area contributed by atoms with Gasteiger partial charge >= 0.3 is 12.1 Å². The van der Waals surface area contributed by atoms with Crippen molar-refractivity contribution in [3.63, 3.8) is 0 Å². The molecule has 3 aromatic rings. The fourth-order valence-corrected chi connectivity index (χ4v) is 6.68. The zero-order chi connectivity index (χ0) is 30.2. The highest BCUT2D eigenvalue weighted by Gasteiger charge is 2.31. The average molecular weight is 570 g/mol. The van der Waals surface area contributed by atoms with Crippen LogP contribution in [0.15, 0.2) is 48.5 Å². The molecule has 5 rings (SSSR count). The SMILES string of the molecule is Cc1c(CC(=O)OC(C)(C)C)c(C)c(N(C)C(=O)OCC2c3ccccc3-c3ccccc32)c(C)c1N1CCNCC1. The standard InChI is InChI=1S/C35H43N3O4/c1-22-29(20-31(39)42-35(4,5)6)23(2)33(38-18-16-36-17-19-38)24(3)32(22)37(7)34(40)41-21-30-27-14-10-8-12-25(27)26-13-9-11-15-28(26)30/h8-15,30,36H,16-21H2,1-7H3. The van der Waals surface area contributed by atoms with Crippen LogP contribution in [-0.4, -0.2) is 57.5 Å². The van der Waals surface area contributed by atoms with Crippen LogP contribution >= 0.6 is 0 Å². The molecule has 2 aliphatic rings. The molecular weight excluding hydrogens is 526 g/mol. The van der Waals surface area contributed by atoms with Crippen LogP contribution in [0.1, 0.15) is 60.1 Å². The van der Waals surface area contributed by atoms with Crippen molar-refractivity contribution in [1.82, 2.24) is 5.32 Å². The Morgan fingerprint density at radius 3 is 2.05 bits per heavy atom. The Morgan fingerprint density at radius 1 is 0.905 bits per heavy atom. The van der Waals surface area contributed by atoms with E-state index in [4.69, 9.17) is 9.47 Å². The molecule has 1 fully saturated rings. The predicted molar refractivity (Wildman–Crippen MR) is 169 cm³/mol. The van der Waals surface area contributed by atoms with Crippen molar-refractivity contribution < 1.29 is 19.1 Å². The van der Waals surface area contributed by atoms with Crippen molar-refractivity contribution in [3.8, 4) is 11.1 Å². The zero-order valence-electron chi connectivity index (χ0n) is 26.0.